The minimum absolute atomic E-state index is 0.0155. The third-order valence-corrected chi connectivity index (χ3v) is 6.21. The Morgan fingerprint density at radius 1 is 0.964 bits per heavy atom. The number of aliphatic carboxylic acids is 1. The molecule has 1 aliphatic carbocycles. The van der Waals surface area contributed by atoms with Crippen molar-refractivity contribution in [3.05, 3.63) is 0 Å². The van der Waals surface area contributed by atoms with Crippen LogP contribution in [0.25, 0.3) is 0 Å². The van der Waals surface area contributed by atoms with Crippen LogP contribution in [-0.4, -0.2) is 23.1 Å². The van der Waals surface area contributed by atoms with Crippen LogP contribution in [0.4, 0.5) is 0 Å². The summed E-state index contributed by atoms with van der Waals surface area (Å²) in [5, 5.41) is 9.29. The molecule has 0 radical (unpaired) electrons. The van der Waals surface area contributed by atoms with Crippen molar-refractivity contribution in [3.63, 3.8) is 0 Å². The Balaban J connectivity index is 2.67. The molecule has 1 aliphatic rings. The lowest BCUT2D eigenvalue weighted by Gasteiger charge is -2.29. The van der Waals surface area contributed by atoms with Gasteiger partial charge in [-0.1, -0.05) is 72.6 Å². The molecule has 4 heteroatoms. The average Bonchev–Trinajstić information content (AvgIpc) is 2.66. The molecule has 1 N–H and O–H groups in total. The summed E-state index contributed by atoms with van der Waals surface area (Å²) in [6.07, 6.45) is 13.0. The van der Waals surface area contributed by atoms with Gasteiger partial charge in [0.05, 0.1) is 11.8 Å². The number of esters is 1. The van der Waals surface area contributed by atoms with Crippen molar-refractivity contribution >= 4 is 11.9 Å². The second-order valence-corrected chi connectivity index (χ2v) is 9.31. The van der Waals surface area contributed by atoms with Crippen LogP contribution in [0.5, 0.6) is 0 Å². The van der Waals surface area contributed by atoms with Crippen LogP contribution in [-0.2, 0) is 14.3 Å². The number of carbonyl (C=O) groups excluding carboxylic acids is 1. The van der Waals surface area contributed by atoms with Crippen LogP contribution in [0.1, 0.15) is 111 Å². The largest absolute Gasteiger partial charge is 0.481 e. The summed E-state index contributed by atoms with van der Waals surface area (Å²) < 4.78 is 6.02. The van der Waals surface area contributed by atoms with E-state index in [0.717, 1.165) is 32.1 Å². The molecule has 0 amide bonds. The fourth-order valence-corrected chi connectivity index (χ4v) is 4.48. The van der Waals surface area contributed by atoms with Gasteiger partial charge in [-0.05, 0) is 50.4 Å². The van der Waals surface area contributed by atoms with E-state index in [2.05, 4.69) is 27.7 Å². The zero-order valence-electron chi connectivity index (χ0n) is 18.8. The van der Waals surface area contributed by atoms with Gasteiger partial charge in [0.1, 0.15) is 6.10 Å². The Bertz CT molecular complexity index is 446. The first-order valence-electron chi connectivity index (χ1n) is 11.8. The van der Waals surface area contributed by atoms with Crippen molar-refractivity contribution in [2.24, 2.45) is 23.7 Å². The first-order chi connectivity index (χ1) is 13.4. The molecule has 0 bridgehead atoms. The highest BCUT2D eigenvalue weighted by Crippen LogP contribution is 2.32. The van der Waals surface area contributed by atoms with Crippen molar-refractivity contribution in [1.82, 2.24) is 0 Å². The molecule has 4 atom stereocenters. The van der Waals surface area contributed by atoms with Gasteiger partial charge in [0.2, 0.25) is 0 Å². The second kappa shape index (κ2) is 14.0. The molecule has 0 aromatic rings. The topological polar surface area (TPSA) is 63.6 Å². The van der Waals surface area contributed by atoms with E-state index >= 15 is 0 Å². The summed E-state index contributed by atoms with van der Waals surface area (Å²) in [6.45, 7) is 8.89. The molecule has 1 rings (SSSR count). The van der Waals surface area contributed by atoms with Gasteiger partial charge in [-0.15, -0.1) is 0 Å². The highest BCUT2D eigenvalue weighted by molar-refractivity contribution is 5.75. The maximum absolute atomic E-state index is 12.8. The molecule has 164 valence electrons. The van der Waals surface area contributed by atoms with Crippen molar-refractivity contribution in [2.45, 2.75) is 117 Å². The van der Waals surface area contributed by atoms with Crippen molar-refractivity contribution < 1.29 is 19.4 Å². The first-order valence-corrected chi connectivity index (χ1v) is 11.8. The Labute approximate surface area is 172 Å². The molecule has 0 spiro atoms. The number of hydrogen-bond donors (Lipinski definition) is 1. The molecular weight excluding hydrogens is 352 g/mol. The maximum atomic E-state index is 12.8. The zero-order valence-corrected chi connectivity index (χ0v) is 18.8. The van der Waals surface area contributed by atoms with Gasteiger partial charge in [0.15, 0.2) is 0 Å². The van der Waals surface area contributed by atoms with E-state index in [1.165, 1.54) is 38.5 Å². The van der Waals surface area contributed by atoms with Crippen LogP contribution in [0.3, 0.4) is 0 Å². The van der Waals surface area contributed by atoms with E-state index in [-0.39, 0.29) is 23.9 Å². The number of ether oxygens (including phenoxy) is 1. The lowest BCUT2D eigenvalue weighted by Crippen LogP contribution is -2.31. The van der Waals surface area contributed by atoms with Crippen LogP contribution >= 0.6 is 0 Å². The van der Waals surface area contributed by atoms with Crippen LogP contribution in [0, 0.1) is 23.7 Å². The van der Waals surface area contributed by atoms with E-state index in [1.807, 2.05) is 0 Å². The quantitative estimate of drug-likeness (QED) is 0.265. The molecule has 0 aliphatic heterocycles. The third-order valence-electron chi connectivity index (χ3n) is 6.21. The Morgan fingerprint density at radius 3 is 2.29 bits per heavy atom. The summed E-state index contributed by atoms with van der Waals surface area (Å²) in [4.78, 5) is 24.1. The first kappa shape index (κ1) is 25.0. The minimum Gasteiger partial charge on any atom is -0.481 e. The molecule has 0 aromatic carbocycles. The average molecular weight is 397 g/mol. The third kappa shape index (κ3) is 9.93. The monoisotopic (exact) mass is 396 g/mol. The number of rotatable bonds is 14. The van der Waals surface area contributed by atoms with Crippen LogP contribution in [0.2, 0.25) is 0 Å². The van der Waals surface area contributed by atoms with Gasteiger partial charge in [-0.25, -0.2) is 0 Å². The molecule has 4 nitrogen and oxygen atoms in total. The number of carboxylic acid groups (broad SMARTS) is 1. The summed E-state index contributed by atoms with van der Waals surface area (Å²) >= 11 is 0. The molecule has 0 heterocycles. The summed E-state index contributed by atoms with van der Waals surface area (Å²) in [6, 6.07) is 0. The molecular formula is C24H44O4. The number of hydrogen-bond acceptors (Lipinski definition) is 3. The zero-order chi connectivity index (χ0) is 20.9. The molecule has 4 unspecified atom stereocenters. The van der Waals surface area contributed by atoms with E-state index in [1.54, 1.807) is 0 Å². The van der Waals surface area contributed by atoms with Crippen molar-refractivity contribution in [1.29, 1.82) is 0 Å². The fourth-order valence-electron chi connectivity index (χ4n) is 4.48. The normalized spacial score (nSPS) is 22.0. The Kier molecular flexibility index (Phi) is 12.5. The Hall–Kier alpha value is -1.06. The number of carbonyl (C=O) groups is 2. The van der Waals surface area contributed by atoms with Gasteiger partial charge in [0, 0.05) is 0 Å². The molecule has 1 saturated carbocycles. The fraction of sp³-hybridized carbons (Fsp3) is 0.917. The molecule has 1 fully saturated rings. The molecule has 0 saturated heterocycles. The number of carboxylic acids is 1. The van der Waals surface area contributed by atoms with Gasteiger partial charge >= 0.3 is 11.9 Å². The van der Waals surface area contributed by atoms with Gasteiger partial charge < -0.3 is 9.84 Å². The van der Waals surface area contributed by atoms with Crippen molar-refractivity contribution in [3.8, 4) is 0 Å². The Morgan fingerprint density at radius 2 is 1.68 bits per heavy atom. The van der Waals surface area contributed by atoms with E-state index in [9.17, 15) is 14.7 Å². The van der Waals surface area contributed by atoms with Crippen LogP contribution in [0.15, 0.2) is 0 Å². The summed E-state index contributed by atoms with van der Waals surface area (Å²) in [5.41, 5.74) is 0. The molecule has 28 heavy (non-hydrogen) atoms. The standard InChI is InChI=1S/C24H44O4/c1-5-7-8-11-19(10-6-2)16-22(15-14-18(3)4)28-24(27)21-13-9-12-20(17-21)23(25)26/h18-22H,5-17H2,1-4H3,(H,25,26). The highest BCUT2D eigenvalue weighted by Gasteiger charge is 2.33. The predicted octanol–water partition coefficient (Wildman–Crippen LogP) is 6.61. The van der Waals surface area contributed by atoms with E-state index in [0.29, 0.717) is 24.7 Å². The van der Waals surface area contributed by atoms with Crippen LogP contribution < -0.4 is 0 Å². The van der Waals surface area contributed by atoms with Crippen molar-refractivity contribution in [2.75, 3.05) is 0 Å². The SMILES string of the molecule is CCCCCC(CCC)CC(CCC(C)C)OC(=O)C1CCCC(C(=O)O)C1. The van der Waals surface area contributed by atoms with E-state index < -0.39 is 5.97 Å². The van der Waals surface area contributed by atoms with E-state index in [4.69, 9.17) is 4.74 Å². The highest BCUT2D eigenvalue weighted by atomic mass is 16.5. The van der Waals surface area contributed by atoms with Gasteiger partial charge in [-0.2, -0.15) is 0 Å². The lowest BCUT2D eigenvalue weighted by atomic mass is 9.81. The second-order valence-electron chi connectivity index (χ2n) is 9.31. The lowest BCUT2D eigenvalue weighted by molar-refractivity contribution is -0.158. The smallest absolute Gasteiger partial charge is 0.309 e. The van der Waals surface area contributed by atoms with Gasteiger partial charge in [0.25, 0.3) is 0 Å². The molecule has 0 aromatic heterocycles. The summed E-state index contributed by atoms with van der Waals surface area (Å²) in [5.74, 6) is -0.323. The maximum Gasteiger partial charge on any atom is 0.309 e. The van der Waals surface area contributed by atoms with Gasteiger partial charge in [-0.3, -0.25) is 9.59 Å². The predicted molar refractivity (Wildman–Crippen MR) is 114 cm³/mol. The summed E-state index contributed by atoms with van der Waals surface area (Å²) in [7, 11) is 0. The minimum atomic E-state index is -0.771. The number of unbranched alkanes of at least 4 members (excludes halogenated alkanes) is 2.